The summed E-state index contributed by atoms with van der Waals surface area (Å²) >= 11 is 1.83. The third-order valence-corrected chi connectivity index (χ3v) is 4.84. The van der Waals surface area contributed by atoms with Crippen LogP contribution in [0, 0.1) is 5.92 Å². The Labute approximate surface area is 108 Å². The number of rotatable bonds is 5. The minimum Gasteiger partial charge on any atom is -0.396 e. The van der Waals surface area contributed by atoms with Crippen LogP contribution in [-0.2, 0) is 0 Å². The fourth-order valence-electron chi connectivity index (χ4n) is 2.79. The van der Waals surface area contributed by atoms with Gasteiger partial charge in [0.1, 0.15) is 0 Å². The number of hydrogen-bond acceptors (Lipinski definition) is 3. The molecular formula is C14H23NOS. The van der Waals surface area contributed by atoms with Crippen LogP contribution in [-0.4, -0.2) is 17.8 Å². The van der Waals surface area contributed by atoms with Gasteiger partial charge in [0.25, 0.3) is 0 Å². The maximum absolute atomic E-state index is 9.44. The lowest BCUT2D eigenvalue weighted by Gasteiger charge is -2.34. The van der Waals surface area contributed by atoms with E-state index in [1.54, 1.807) is 0 Å². The van der Waals surface area contributed by atoms with Crippen molar-refractivity contribution in [2.24, 2.45) is 5.92 Å². The zero-order chi connectivity index (χ0) is 12.1. The molecule has 0 bridgehead atoms. The second kappa shape index (κ2) is 6.53. The van der Waals surface area contributed by atoms with Gasteiger partial charge in [0.05, 0.1) is 0 Å². The van der Waals surface area contributed by atoms with Crippen molar-refractivity contribution in [1.82, 2.24) is 5.32 Å². The Bertz CT molecular complexity index is 312. The smallest absolute Gasteiger partial charge is 0.0474 e. The fraction of sp³-hybridized carbons (Fsp3) is 0.714. The molecule has 1 aromatic heterocycles. The van der Waals surface area contributed by atoms with Gasteiger partial charge in [-0.15, -0.1) is 11.3 Å². The van der Waals surface area contributed by atoms with Crippen LogP contribution in [0.4, 0.5) is 0 Å². The van der Waals surface area contributed by atoms with E-state index < -0.39 is 0 Å². The number of aliphatic hydroxyl groups excluding tert-OH is 1. The molecule has 3 atom stereocenters. The van der Waals surface area contributed by atoms with Gasteiger partial charge in [-0.05, 0) is 36.6 Å². The van der Waals surface area contributed by atoms with Crippen molar-refractivity contribution in [2.75, 3.05) is 6.61 Å². The first-order valence-corrected chi connectivity index (χ1v) is 7.63. The Hall–Kier alpha value is -0.380. The first-order valence-electron chi connectivity index (χ1n) is 6.75. The first-order chi connectivity index (χ1) is 8.35. The molecule has 0 aliphatic heterocycles. The van der Waals surface area contributed by atoms with Gasteiger partial charge in [-0.25, -0.2) is 0 Å². The van der Waals surface area contributed by atoms with E-state index in [9.17, 15) is 5.11 Å². The maximum Gasteiger partial charge on any atom is 0.0474 e. The molecule has 17 heavy (non-hydrogen) atoms. The van der Waals surface area contributed by atoms with E-state index in [4.69, 9.17) is 0 Å². The van der Waals surface area contributed by atoms with Crippen LogP contribution in [0.1, 0.15) is 49.9 Å². The molecule has 0 saturated heterocycles. The molecule has 0 radical (unpaired) electrons. The summed E-state index contributed by atoms with van der Waals surface area (Å²) in [4.78, 5) is 1.43. The van der Waals surface area contributed by atoms with E-state index in [2.05, 4.69) is 29.8 Å². The van der Waals surface area contributed by atoms with Crippen molar-refractivity contribution >= 4 is 11.3 Å². The molecule has 1 aliphatic rings. The highest BCUT2D eigenvalue weighted by molar-refractivity contribution is 7.10. The van der Waals surface area contributed by atoms with Crippen LogP contribution >= 0.6 is 11.3 Å². The molecule has 0 spiro atoms. The molecule has 1 aliphatic carbocycles. The average molecular weight is 253 g/mol. The number of hydrogen-bond donors (Lipinski definition) is 2. The zero-order valence-electron chi connectivity index (χ0n) is 10.6. The van der Waals surface area contributed by atoms with Crippen molar-refractivity contribution in [3.05, 3.63) is 22.4 Å². The minimum atomic E-state index is 0.332. The normalized spacial score (nSPS) is 26.9. The third-order valence-electron chi connectivity index (χ3n) is 3.85. The Morgan fingerprint density at radius 1 is 1.47 bits per heavy atom. The van der Waals surface area contributed by atoms with Crippen molar-refractivity contribution in [1.29, 1.82) is 0 Å². The van der Waals surface area contributed by atoms with E-state index in [0.717, 1.165) is 6.42 Å². The highest BCUT2D eigenvalue weighted by Crippen LogP contribution is 2.29. The summed E-state index contributed by atoms with van der Waals surface area (Å²) < 4.78 is 0. The van der Waals surface area contributed by atoms with Gasteiger partial charge < -0.3 is 10.4 Å². The van der Waals surface area contributed by atoms with Gasteiger partial charge in [0.15, 0.2) is 0 Å². The molecule has 0 amide bonds. The van der Waals surface area contributed by atoms with Crippen LogP contribution in [0.3, 0.4) is 0 Å². The van der Waals surface area contributed by atoms with Crippen LogP contribution in [0.5, 0.6) is 0 Å². The monoisotopic (exact) mass is 253 g/mol. The highest BCUT2D eigenvalue weighted by Gasteiger charge is 2.26. The first kappa shape index (κ1) is 13.1. The topological polar surface area (TPSA) is 32.3 Å². The molecular weight excluding hydrogens is 230 g/mol. The lowest BCUT2D eigenvalue weighted by atomic mass is 9.84. The number of thiophene rings is 1. The summed E-state index contributed by atoms with van der Waals surface area (Å²) in [6.07, 6.45) is 6.09. The molecule has 1 saturated carbocycles. The van der Waals surface area contributed by atoms with Crippen LogP contribution in [0.25, 0.3) is 0 Å². The third kappa shape index (κ3) is 3.30. The summed E-state index contributed by atoms with van der Waals surface area (Å²) in [6, 6.07) is 5.30. The van der Waals surface area contributed by atoms with Crippen LogP contribution < -0.4 is 5.32 Å². The number of nitrogens with one attached hydrogen (secondary N) is 1. The van der Waals surface area contributed by atoms with Crippen LogP contribution in [0.15, 0.2) is 17.5 Å². The largest absolute Gasteiger partial charge is 0.396 e. The molecule has 3 heteroatoms. The predicted molar refractivity (Wildman–Crippen MR) is 73.3 cm³/mol. The Morgan fingerprint density at radius 3 is 2.94 bits per heavy atom. The zero-order valence-corrected chi connectivity index (χ0v) is 11.4. The standard InChI is InChI=1S/C14H23NOS/c1-2-12(14-8-5-9-17-14)15-13-7-4-3-6-11(13)10-16/h5,8-9,11-13,15-16H,2-4,6-7,10H2,1H3. The predicted octanol–water partition coefficient (Wildman–Crippen LogP) is 3.34. The summed E-state index contributed by atoms with van der Waals surface area (Å²) in [6.45, 7) is 2.56. The van der Waals surface area contributed by atoms with Gasteiger partial charge in [-0.1, -0.05) is 25.8 Å². The molecule has 1 aromatic rings. The quantitative estimate of drug-likeness (QED) is 0.843. The molecule has 2 N–H and O–H groups in total. The fourth-order valence-corrected chi connectivity index (χ4v) is 3.67. The number of aliphatic hydroxyl groups is 1. The lowest BCUT2D eigenvalue weighted by molar-refractivity contribution is 0.145. The molecule has 0 aromatic carbocycles. The van der Waals surface area contributed by atoms with E-state index in [1.165, 1.54) is 30.6 Å². The van der Waals surface area contributed by atoms with Gasteiger partial charge in [0, 0.05) is 23.6 Å². The second-order valence-electron chi connectivity index (χ2n) is 4.98. The molecule has 1 heterocycles. The maximum atomic E-state index is 9.44. The average Bonchev–Trinajstić information content (AvgIpc) is 2.90. The van der Waals surface area contributed by atoms with Crippen LogP contribution in [0.2, 0.25) is 0 Å². The molecule has 3 unspecified atom stereocenters. The van der Waals surface area contributed by atoms with E-state index in [0.29, 0.717) is 24.6 Å². The van der Waals surface area contributed by atoms with Crippen molar-refractivity contribution in [2.45, 2.75) is 51.1 Å². The molecule has 2 rings (SSSR count). The van der Waals surface area contributed by atoms with Crippen molar-refractivity contribution in [3.63, 3.8) is 0 Å². The van der Waals surface area contributed by atoms with Gasteiger partial charge in [0.2, 0.25) is 0 Å². The van der Waals surface area contributed by atoms with Gasteiger partial charge in [-0.3, -0.25) is 0 Å². The Kier molecular flexibility index (Phi) is 5.01. The molecule has 1 fully saturated rings. The molecule has 2 nitrogen and oxygen atoms in total. The summed E-state index contributed by atoms with van der Waals surface area (Å²) in [5, 5.41) is 15.3. The highest BCUT2D eigenvalue weighted by atomic mass is 32.1. The summed E-state index contributed by atoms with van der Waals surface area (Å²) in [5.41, 5.74) is 0. The SMILES string of the molecule is CCC(NC1CCCCC1CO)c1cccs1. The van der Waals surface area contributed by atoms with E-state index in [-0.39, 0.29) is 0 Å². The summed E-state index contributed by atoms with van der Waals surface area (Å²) in [7, 11) is 0. The van der Waals surface area contributed by atoms with Gasteiger partial charge >= 0.3 is 0 Å². The van der Waals surface area contributed by atoms with Gasteiger partial charge in [-0.2, -0.15) is 0 Å². The van der Waals surface area contributed by atoms with E-state index >= 15 is 0 Å². The van der Waals surface area contributed by atoms with Crippen molar-refractivity contribution < 1.29 is 5.11 Å². The minimum absolute atomic E-state index is 0.332. The Balaban J connectivity index is 1.97. The van der Waals surface area contributed by atoms with E-state index in [1.807, 2.05) is 11.3 Å². The lowest BCUT2D eigenvalue weighted by Crippen LogP contribution is -2.41. The second-order valence-corrected chi connectivity index (χ2v) is 5.96. The Morgan fingerprint density at radius 2 is 2.29 bits per heavy atom. The van der Waals surface area contributed by atoms with Crippen molar-refractivity contribution in [3.8, 4) is 0 Å². The molecule has 96 valence electrons. The summed E-state index contributed by atoms with van der Waals surface area (Å²) in [5.74, 6) is 0.456.